The van der Waals surface area contributed by atoms with Gasteiger partial charge in [0.25, 0.3) is 5.91 Å². The molecule has 0 aromatic carbocycles. The van der Waals surface area contributed by atoms with E-state index in [0.29, 0.717) is 25.1 Å². The molecule has 0 aliphatic heterocycles. The summed E-state index contributed by atoms with van der Waals surface area (Å²) >= 11 is 0. The predicted octanol–water partition coefficient (Wildman–Crippen LogP) is -0.506. The van der Waals surface area contributed by atoms with Crippen LogP contribution in [-0.4, -0.2) is 37.1 Å². The van der Waals surface area contributed by atoms with Crippen molar-refractivity contribution in [1.29, 1.82) is 0 Å². The Bertz CT molecular complexity index is 556. The number of aryl methyl sites for hydroxylation is 1. The molecule has 1 aromatic rings. The van der Waals surface area contributed by atoms with E-state index in [-0.39, 0.29) is 12.5 Å². The molecule has 0 spiro atoms. The fourth-order valence-electron chi connectivity index (χ4n) is 1.31. The van der Waals surface area contributed by atoms with Crippen LogP contribution in [0.15, 0.2) is 31.1 Å². The summed E-state index contributed by atoms with van der Waals surface area (Å²) in [6.07, 6.45) is 4.92. The van der Waals surface area contributed by atoms with Crippen molar-refractivity contribution in [2.24, 2.45) is 0 Å². The molecule has 1 rings (SSSR count). The number of hydrogen-bond donors (Lipinski definition) is 2. The molecule has 0 saturated carbocycles. The van der Waals surface area contributed by atoms with Gasteiger partial charge in [0.15, 0.2) is 12.7 Å². The van der Waals surface area contributed by atoms with Crippen molar-refractivity contribution in [3.8, 4) is 0 Å². The van der Waals surface area contributed by atoms with Crippen LogP contribution in [-0.2, 0) is 21.1 Å². The van der Waals surface area contributed by atoms with Crippen LogP contribution in [0, 0.1) is 0 Å². The summed E-state index contributed by atoms with van der Waals surface area (Å²) in [5, 5.41) is 6.62. The van der Waals surface area contributed by atoms with Crippen molar-refractivity contribution in [3.05, 3.63) is 36.7 Å². The molecule has 8 nitrogen and oxygen atoms in total. The van der Waals surface area contributed by atoms with E-state index in [1.54, 1.807) is 18.3 Å². The molecule has 20 heavy (non-hydrogen) atoms. The highest BCUT2D eigenvalue weighted by Crippen LogP contribution is 1.93. The van der Waals surface area contributed by atoms with Crippen LogP contribution in [0.3, 0.4) is 0 Å². The van der Waals surface area contributed by atoms with Crippen molar-refractivity contribution in [3.63, 3.8) is 0 Å². The average molecular weight is 302 g/mol. The Hall–Kier alpha value is -1.84. The summed E-state index contributed by atoms with van der Waals surface area (Å²) in [4.78, 5) is 11.6. The zero-order valence-corrected chi connectivity index (χ0v) is 11.5. The quantitative estimate of drug-likeness (QED) is 0.290. The fourth-order valence-corrected chi connectivity index (χ4v) is 1.64. The molecule has 0 atom stereocenters. The van der Waals surface area contributed by atoms with Gasteiger partial charge in [0.1, 0.15) is 6.20 Å². The Balaban J connectivity index is 2.42. The van der Waals surface area contributed by atoms with E-state index in [0.717, 1.165) is 0 Å². The second-order valence-corrected chi connectivity index (χ2v) is 4.87. The van der Waals surface area contributed by atoms with Crippen LogP contribution in [0.5, 0.6) is 0 Å². The standard InChI is InChI=1S/C11H15N3O5S/c1-2-5-12-11(15)10-4-7-14(13-9-10)6-3-8-19-20(16,17)18/h2,4,7,9H,1,3,5-6,8H2,(H-,12,15,16,17,18)/p+1. The third kappa shape index (κ3) is 6.36. The highest BCUT2D eigenvalue weighted by atomic mass is 32.3. The number of rotatable bonds is 8. The lowest BCUT2D eigenvalue weighted by atomic mass is 10.3. The molecular formula is C11H16N3O5S+. The van der Waals surface area contributed by atoms with Gasteiger partial charge in [-0.1, -0.05) is 10.8 Å². The van der Waals surface area contributed by atoms with Gasteiger partial charge < -0.3 is 5.32 Å². The molecular weight excluding hydrogens is 286 g/mol. The number of amides is 1. The molecule has 0 aliphatic rings. The van der Waals surface area contributed by atoms with Crippen LogP contribution >= 0.6 is 0 Å². The Labute approximate surface area is 117 Å². The first-order chi connectivity index (χ1) is 9.42. The summed E-state index contributed by atoms with van der Waals surface area (Å²) in [6.45, 7) is 4.12. The van der Waals surface area contributed by atoms with Crippen LogP contribution in [0.25, 0.3) is 0 Å². The van der Waals surface area contributed by atoms with E-state index < -0.39 is 10.4 Å². The lowest BCUT2D eigenvalue weighted by Crippen LogP contribution is -2.38. The summed E-state index contributed by atoms with van der Waals surface area (Å²) < 4.78 is 34.7. The molecule has 0 aliphatic carbocycles. The lowest BCUT2D eigenvalue weighted by Gasteiger charge is -2.00. The summed E-state index contributed by atoms with van der Waals surface area (Å²) in [6, 6.07) is 1.59. The van der Waals surface area contributed by atoms with Crippen molar-refractivity contribution >= 4 is 16.3 Å². The van der Waals surface area contributed by atoms with E-state index in [1.165, 1.54) is 10.9 Å². The first-order valence-electron chi connectivity index (χ1n) is 5.79. The van der Waals surface area contributed by atoms with Crippen LogP contribution in [0.1, 0.15) is 16.8 Å². The number of nitrogens with one attached hydrogen (secondary N) is 1. The van der Waals surface area contributed by atoms with Gasteiger partial charge in [-0.05, 0) is 5.10 Å². The molecule has 0 fully saturated rings. The minimum absolute atomic E-state index is 0.144. The second kappa shape index (κ2) is 7.68. The normalized spacial score (nSPS) is 11.1. The van der Waals surface area contributed by atoms with Crippen molar-refractivity contribution < 1.29 is 26.6 Å². The van der Waals surface area contributed by atoms with Gasteiger partial charge in [-0.3, -0.25) is 9.35 Å². The number of nitrogens with zero attached hydrogens (tertiary/aromatic N) is 2. The van der Waals surface area contributed by atoms with Crippen LogP contribution in [0.2, 0.25) is 0 Å². The van der Waals surface area contributed by atoms with E-state index in [2.05, 4.69) is 21.2 Å². The summed E-state index contributed by atoms with van der Waals surface area (Å²) in [5.74, 6) is -0.251. The smallest absolute Gasteiger partial charge is 0.349 e. The molecule has 1 heterocycles. The second-order valence-electron chi connectivity index (χ2n) is 3.78. The SMILES string of the molecule is C=CCNC(=O)c1cc[n+](CCCOS(=O)(=O)O)nc1. The van der Waals surface area contributed by atoms with Crippen LogP contribution in [0.4, 0.5) is 0 Å². The van der Waals surface area contributed by atoms with Crippen molar-refractivity contribution in [2.75, 3.05) is 13.2 Å². The number of carbonyl (C=O) groups excluding carboxylic acids is 1. The number of carbonyl (C=O) groups is 1. The topological polar surface area (TPSA) is 109 Å². The molecule has 2 N–H and O–H groups in total. The van der Waals surface area contributed by atoms with Crippen LogP contribution < -0.4 is 10.00 Å². The number of aromatic nitrogens is 2. The van der Waals surface area contributed by atoms with Crippen molar-refractivity contribution in [2.45, 2.75) is 13.0 Å². The highest BCUT2D eigenvalue weighted by Gasteiger charge is 2.10. The molecule has 9 heteroatoms. The minimum Gasteiger partial charge on any atom is -0.349 e. The Morgan fingerprint density at radius 3 is 2.90 bits per heavy atom. The highest BCUT2D eigenvalue weighted by molar-refractivity contribution is 7.80. The Kier molecular flexibility index (Phi) is 6.22. The van der Waals surface area contributed by atoms with Crippen molar-refractivity contribution in [1.82, 2.24) is 10.4 Å². The van der Waals surface area contributed by atoms with Gasteiger partial charge in [-0.2, -0.15) is 8.42 Å². The maximum absolute atomic E-state index is 11.6. The molecule has 0 saturated heterocycles. The van der Waals surface area contributed by atoms with E-state index in [4.69, 9.17) is 4.55 Å². The Morgan fingerprint density at radius 2 is 2.35 bits per heavy atom. The predicted molar refractivity (Wildman–Crippen MR) is 69.1 cm³/mol. The third-order valence-corrected chi connectivity index (χ3v) is 2.67. The lowest BCUT2D eigenvalue weighted by molar-refractivity contribution is -0.754. The van der Waals surface area contributed by atoms with Gasteiger partial charge in [-0.15, -0.1) is 6.58 Å². The van der Waals surface area contributed by atoms with E-state index in [9.17, 15) is 13.2 Å². The van der Waals surface area contributed by atoms with E-state index in [1.807, 2.05) is 0 Å². The fraction of sp³-hybridized carbons (Fsp3) is 0.364. The molecule has 1 aromatic heterocycles. The van der Waals surface area contributed by atoms with Gasteiger partial charge in [0.2, 0.25) is 0 Å². The molecule has 1 amide bonds. The molecule has 0 radical (unpaired) electrons. The average Bonchev–Trinajstić information content (AvgIpc) is 2.40. The molecule has 110 valence electrons. The van der Waals surface area contributed by atoms with Gasteiger partial charge in [0.05, 0.1) is 12.2 Å². The maximum atomic E-state index is 11.6. The zero-order chi connectivity index (χ0) is 15.0. The number of hydrogen-bond acceptors (Lipinski definition) is 5. The first kappa shape index (κ1) is 16.2. The first-order valence-corrected chi connectivity index (χ1v) is 7.15. The molecule has 0 bridgehead atoms. The van der Waals surface area contributed by atoms with Gasteiger partial charge in [-0.25, -0.2) is 4.18 Å². The Morgan fingerprint density at radius 1 is 1.60 bits per heavy atom. The maximum Gasteiger partial charge on any atom is 0.397 e. The van der Waals surface area contributed by atoms with E-state index >= 15 is 0 Å². The summed E-state index contributed by atoms with van der Waals surface area (Å²) in [7, 11) is -4.40. The summed E-state index contributed by atoms with van der Waals surface area (Å²) in [5.41, 5.74) is 0.414. The third-order valence-electron chi connectivity index (χ3n) is 2.20. The monoisotopic (exact) mass is 302 g/mol. The largest absolute Gasteiger partial charge is 0.397 e. The van der Waals surface area contributed by atoms with Gasteiger partial charge in [0, 0.05) is 19.0 Å². The van der Waals surface area contributed by atoms with Gasteiger partial charge >= 0.3 is 10.4 Å². The molecule has 0 unspecified atom stereocenters. The zero-order valence-electron chi connectivity index (χ0n) is 10.7. The minimum atomic E-state index is -4.40.